The number of amides is 3. The second-order valence-corrected chi connectivity index (χ2v) is 5.92. The van der Waals surface area contributed by atoms with Gasteiger partial charge in [-0.25, -0.2) is 9.18 Å². The molecule has 0 spiro atoms. The Labute approximate surface area is 146 Å². The number of anilines is 1. The van der Waals surface area contributed by atoms with Gasteiger partial charge in [0.15, 0.2) is 0 Å². The monoisotopic (exact) mass is 343 g/mol. The molecular formula is C19H22FN3O2. The molecule has 0 aliphatic rings. The van der Waals surface area contributed by atoms with E-state index in [1.54, 1.807) is 18.2 Å². The van der Waals surface area contributed by atoms with Crippen LogP contribution in [0.1, 0.15) is 44.0 Å². The van der Waals surface area contributed by atoms with Crippen LogP contribution < -0.4 is 16.0 Å². The summed E-state index contributed by atoms with van der Waals surface area (Å²) in [5.74, 6) is -0.461. The van der Waals surface area contributed by atoms with Crippen molar-refractivity contribution in [3.8, 4) is 0 Å². The van der Waals surface area contributed by atoms with Gasteiger partial charge in [0, 0.05) is 12.6 Å². The van der Waals surface area contributed by atoms with Crippen molar-refractivity contribution in [2.45, 2.75) is 32.9 Å². The maximum absolute atomic E-state index is 13.0. The molecule has 3 amide bonds. The molecule has 0 heterocycles. The lowest BCUT2D eigenvalue weighted by Gasteiger charge is -2.19. The molecule has 5 nitrogen and oxygen atoms in total. The SMILES string of the molecule is CC(=O)Nc1cccc(C(C)NC(=O)NC(C)c2ccc(F)cc2)c1. The maximum Gasteiger partial charge on any atom is 0.315 e. The number of carbonyl (C=O) groups is 2. The average molecular weight is 343 g/mol. The summed E-state index contributed by atoms with van der Waals surface area (Å²) in [7, 11) is 0. The largest absolute Gasteiger partial charge is 0.332 e. The molecule has 0 fully saturated rings. The maximum atomic E-state index is 13.0. The van der Waals surface area contributed by atoms with Crippen LogP contribution in [0.5, 0.6) is 0 Å². The van der Waals surface area contributed by atoms with Crippen LogP contribution in [0.15, 0.2) is 48.5 Å². The lowest BCUT2D eigenvalue weighted by molar-refractivity contribution is -0.114. The number of carbonyl (C=O) groups excluding carboxylic acids is 2. The third-order valence-electron chi connectivity index (χ3n) is 3.77. The van der Waals surface area contributed by atoms with Crippen molar-refractivity contribution in [2.75, 3.05) is 5.32 Å². The summed E-state index contributed by atoms with van der Waals surface area (Å²) in [6.45, 7) is 5.13. The van der Waals surface area contributed by atoms with Crippen LogP contribution in [0.4, 0.5) is 14.9 Å². The van der Waals surface area contributed by atoms with Gasteiger partial charge >= 0.3 is 6.03 Å². The van der Waals surface area contributed by atoms with Crippen LogP contribution in [-0.4, -0.2) is 11.9 Å². The van der Waals surface area contributed by atoms with Crippen LogP contribution in [0.25, 0.3) is 0 Å². The molecule has 2 atom stereocenters. The minimum absolute atomic E-state index is 0.149. The Morgan fingerprint density at radius 2 is 1.52 bits per heavy atom. The standard InChI is InChI=1S/C19H22FN3O2/c1-12(15-7-9-17(20)10-8-15)21-19(25)22-13(2)16-5-4-6-18(11-16)23-14(3)24/h4-13H,1-3H3,(H,23,24)(H2,21,22,25). The topological polar surface area (TPSA) is 70.2 Å². The first kappa shape index (κ1) is 18.4. The molecule has 2 aromatic carbocycles. The van der Waals surface area contributed by atoms with Crippen molar-refractivity contribution in [1.29, 1.82) is 0 Å². The Balaban J connectivity index is 1.95. The van der Waals surface area contributed by atoms with E-state index in [9.17, 15) is 14.0 Å². The minimum Gasteiger partial charge on any atom is -0.332 e. The highest BCUT2D eigenvalue weighted by Gasteiger charge is 2.13. The van der Waals surface area contributed by atoms with Crippen LogP contribution in [0, 0.1) is 5.82 Å². The fourth-order valence-corrected chi connectivity index (χ4v) is 2.44. The van der Waals surface area contributed by atoms with Gasteiger partial charge in [-0.1, -0.05) is 24.3 Å². The predicted octanol–water partition coefficient (Wildman–Crippen LogP) is 3.91. The smallest absolute Gasteiger partial charge is 0.315 e. The zero-order chi connectivity index (χ0) is 18.4. The second-order valence-electron chi connectivity index (χ2n) is 5.92. The molecule has 0 saturated heterocycles. The van der Waals surface area contributed by atoms with Crippen molar-refractivity contribution in [3.63, 3.8) is 0 Å². The van der Waals surface area contributed by atoms with Gasteiger partial charge in [-0.05, 0) is 49.2 Å². The number of halogens is 1. The normalized spacial score (nSPS) is 12.8. The molecule has 6 heteroatoms. The van der Waals surface area contributed by atoms with Crippen molar-refractivity contribution >= 4 is 17.6 Å². The summed E-state index contributed by atoms with van der Waals surface area (Å²) in [6.07, 6.45) is 0. The van der Waals surface area contributed by atoms with Gasteiger partial charge in [-0.15, -0.1) is 0 Å². The van der Waals surface area contributed by atoms with E-state index in [1.807, 2.05) is 32.0 Å². The average Bonchev–Trinajstić information content (AvgIpc) is 2.54. The van der Waals surface area contributed by atoms with E-state index in [4.69, 9.17) is 0 Å². The summed E-state index contributed by atoms with van der Waals surface area (Å²) < 4.78 is 13.0. The first-order valence-electron chi connectivity index (χ1n) is 8.05. The molecular weight excluding hydrogens is 321 g/mol. The molecule has 0 aromatic heterocycles. The predicted molar refractivity (Wildman–Crippen MR) is 95.6 cm³/mol. The molecule has 2 aromatic rings. The van der Waals surface area contributed by atoms with Gasteiger partial charge in [-0.2, -0.15) is 0 Å². The van der Waals surface area contributed by atoms with Crippen molar-refractivity contribution in [2.24, 2.45) is 0 Å². The third kappa shape index (κ3) is 5.60. The van der Waals surface area contributed by atoms with E-state index >= 15 is 0 Å². The van der Waals surface area contributed by atoms with Crippen molar-refractivity contribution in [1.82, 2.24) is 10.6 Å². The van der Waals surface area contributed by atoms with E-state index in [0.29, 0.717) is 5.69 Å². The van der Waals surface area contributed by atoms with E-state index in [2.05, 4.69) is 16.0 Å². The minimum atomic E-state index is -0.325. The lowest BCUT2D eigenvalue weighted by Crippen LogP contribution is -2.38. The van der Waals surface area contributed by atoms with Gasteiger partial charge in [0.25, 0.3) is 0 Å². The molecule has 0 aliphatic carbocycles. The Hall–Kier alpha value is -2.89. The fourth-order valence-electron chi connectivity index (χ4n) is 2.44. The van der Waals surface area contributed by atoms with Crippen molar-refractivity contribution in [3.05, 3.63) is 65.5 Å². The van der Waals surface area contributed by atoms with Gasteiger partial charge in [-0.3, -0.25) is 4.79 Å². The second kappa shape index (κ2) is 8.28. The Morgan fingerprint density at radius 3 is 2.12 bits per heavy atom. The molecule has 2 unspecified atom stereocenters. The molecule has 0 radical (unpaired) electrons. The van der Waals surface area contributed by atoms with Gasteiger partial charge in [0.2, 0.25) is 5.91 Å². The summed E-state index contributed by atoms with van der Waals surface area (Å²) in [5, 5.41) is 8.39. The number of benzene rings is 2. The zero-order valence-electron chi connectivity index (χ0n) is 14.5. The number of urea groups is 1. The molecule has 0 bridgehead atoms. The first-order chi connectivity index (χ1) is 11.8. The summed E-state index contributed by atoms with van der Waals surface area (Å²) in [6, 6.07) is 12.5. The Morgan fingerprint density at radius 1 is 0.920 bits per heavy atom. The van der Waals surface area contributed by atoms with Gasteiger partial charge in [0.05, 0.1) is 12.1 Å². The highest BCUT2D eigenvalue weighted by Crippen LogP contribution is 2.18. The molecule has 25 heavy (non-hydrogen) atoms. The van der Waals surface area contributed by atoms with E-state index in [-0.39, 0.29) is 29.8 Å². The summed E-state index contributed by atoms with van der Waals surface area (Å²) in [4.78, 5) is 23.3. The van der Waals surface area contributed by atoms with Gasteiger partial charge < -0.3 is 16.0 Å². The summed E-state index contributed by atoms with van der Waals surface area (Å²) >= 11 is 0. The van der Waals surface area contributed by atoms with E-state index in [1.165, 1.54) is 19.1 Å². The molecule has 0 aliphatic heterocycles. The Kier molecular flexibility index (Phi) is 6.11. The number of hydrogen-bond acceptors (Lipinski definition) is 2. The highest BCUT2D eigenvalue weighted by molar-refractivity contribution is 5.88. The first-order valence-corrected chi connectivity index (χ1v) is 8.05. The molecule has 0 saturated carbocycles. The van der Waals surface area contributed by atoms with Crippen LogP contribution in [0.3, 0.4) is 0 Å². The van der Waals surface area contributed by atoms with E-state index < -0.39 is 0 Å². The molecule has 2 rings (SSSR count). The van der Waals surface area contributed by atoms with Crippen molar-refractivity contribution < 1.29 is 14.0 Å². The van der Waals surface area contributed by atoms with Crippen LogP contribution in [0.2, 0.25) is 0 Å². The molecule has 3 N–H and O–H groups in total. The summed E-state index contributed by atoms with van der Waals surface area (Å²) in [5.41, 5.74) is 2.37. The third-order valence-corrected chi connectivity index (χ3v) is 3.77. The van der Waals surface area contributed by atoms with E-state index in [0.717, 1.165) is 11.1 Å². The number of hydrogen-bond donors (Lipinski definition) is 3. The quantitative estimate of drug-likeness (QED) is 0.770. The highest BCUT2D eigenvalue weighted by atomic mass is 19.1. The van der Waals surface area contributed by atoms with Crippen LogP contribution >= 0.6 is 0 Å². The number of nitrogens with one attached hydrogen (secondary N) is 3. The number of rotatable bonds is 5. The fraction of sp³-hybridized carbons (Fsp3) is 0.263. The molecule has 132 valence electrons. The lowest BCUT2D eigenvalue weighted by atomic mass is 10.1. The van der Waals surface area contributed by atoms with Crippen LogP contribution in [-0.2, 0) is 4.79 Å². The van der Waals surface area contributed by atoms with Gasteiger partial charge in [0.1, 0.15) is 5.82 Å². The zero-order valence-corrected chi connectivity index (χ0v) is 14.5. The Bertz CT molecular complexity index is 747.